The standard InChI is InChI=1S/C22H23BrN4O3/c1-14-21(23)16-6-4-5-7-17(16)27(14)13-20(28)24-15-8-9-19-18(12-15)26(22(29)30-19)11-10-25(2)3/h4-9,12H,10-11,13H2,1-3H3,(H,24,28). The first-order valence-electron chi connectivity index (χ1n) is 9.66. The summed E-state index contributed by atoms with van der Waals surface area (Å²) >= 11 is 3.62. The molecule has 1 N–H and O–H groups in total. The van der Waals surface area contributed by atoms with Gasteiger partial charge in [0.2, 0.25) is 5.91 Å². The second kappa shape index (κ2) is 8.12. The van der Waals surface area contributed by atoms with E-state index in [4.69, 9.17) is 4.42 Å². The molecule has 0 unspecified atom stereocenters. The van der Waals surface area contributed by atoms with Gasteiger partial charge in [0.15, 0.2) is 5.58 Å². The molecule has 0 bridgehead atoms. The number of hydrogen-bond acceptors (Lipinski definition) is 4. The number of likely N-dealkylation sites (N-methyl/N-ethyl adjacent to an activating group) is 1. The highest BCUT2D eigenvalue weighted by molar-refractivity contribution is 9.10. The van der Waals surface area contributed by atoms with E-state index in [2.05, 4.69) is 21.2 Å². The minimum atomic E-state index is -0.394. The molecule has 0 aliphatic carbocycles. The third kappa shape index (κ3) is 3.80. The van der Waals surface area contributed by atoms with Gasteiger partial charge in [-0.05, 0) is 61.2 Å². The number of benzene rings is 2. The van der Waals surface area contributed by atoms with Gasteiger partial charge in [0, 0.05) is 39.8 Å². The zero-order chi connectivity index (χ0) is 21.4. The van der Waals surface area contributed by atoms with E-state index in [1.165, 1.54) is 0 Å². The topological polar surface area (TPSA) is 72.4 Å². The number of carbonyl (C=O) groups is 1. The maximum absolute atomic E-state index is 12.8. The Balaban J connectivity index is 1.59. The third-order valence-corrected chi connectivity index (χ3v) is 6.18. The summed E-state index contributed by atoms with van der Waals surface area (Å²) in [6.07, 6.45) is 0. The summed E-state index contributed by atoms with van der Waals surface area (Å²) in [6, 6.07) is 13.2. The normalized spacial score (nSPS) is 11.6. The van der Waals surface area contributed by atoms with Crippen molar-refractivity contribution in [2.45, 2.75) is 20.0 Å². The second-order valence-corrected chi connectivity index (χ2v) is 8.35. The molecule has 7 nitrogen and oxygen atoms in total. The Hall–Kier alpha value is -2.84. The van der Waals surface area contributed by atoms with Gasteiger partial charge in [-0.3, -0.25) is 9.36 Å². The number of amides is 1. The molecule has 0 aliphatic rings. The number of anilines is 1. The Kier molecular flexibility index (Phi) is 5.53. The monoisotopic (exact) mass is 470 g/mol. The number of rotatable bonds is 6. The summed E-state index contributed by atoms with van der Waals surface area (Å²) in [5, 5.41) is 4.02. The largest absolute Gasteiger partial charge is 0.419 e. The minimum Gasteiger partial charge on any atom is -0.408 e. The number of fused-ring (bicyclic) bond motifs is 2. The van der Waals surface area contributed by atoms with Crippen molar-refractivity contribution in [3.05, 3.63) is 63.2 Å². The molecule has 0 saturated heterocycles. The van der Waals surface area contributed by atoms with Crippen LogP contribution < -0.4 is 11.1 Å². The first-order valence-corrected chi connectivity index (χ1v) is 10.5. The van der Waals surface area contributed by atoms with Crippen molar-refractivity contribution in [1.29, 1.82) is 0 Å². The fourth-order valence-electron chi connectivity index (χ4n) is 3.59. The van der Waals surface area contributed by atoms with Gasteiger partial charge >= 0.3 is 5.76 Å². The van der Waals surface area contributed by atoms with Crippen LogP contribution >= 0.6 is 15.9 Å². The zero-order valence-electron chi connectivity index (χ0n) is 17.1. The molecular weight excluding hydrogens is 448 g/mol. The lowest BCUT2D eigenvalue weighted by atomic mass is 10.2. The van der Waals surface area contributed by atoms with Gasteiger partial charge in [-0.25, -0.2) is 4.79 Å². The van der Waals surface area contributed by atoms with Crippen LogP contribution in [0.5, 0.6) is 0 Å². The molecule has 2 aromatic carbocycles. The van der Waals surface area contributed by atoms with Crippen LogP contribution in [0.25, 0.3) is 22.0 Å². The number of oxazole rings is 1. The predicted molar refractivity (Wildman–Crippen MR) is 122 cm³/mol. The van der Waals surface area contributed by atoms with Gasteiger partial charge in [-0.1, -0.05) is 18.2 Å². The molecule has 0 spiro atoms. The van der Waals surface area contributed by atoms with Gasteiger partial charge in [0.05, 0.1) is 5.52 Å². The Labute approximate surface area is 182 Å². The highest BCUT2D eigenvalue weighted by Crippen LogP contribution is 2.30. The summed E-state index contributed by atoms with van der Waals surface area (Å²) in [6.45, 7) is 3.39. The molecule has 156 valence electrons. The van der Waals surface area contributed by atoms with Gasteiger partial charge in [-0.15, -0.1) is 0 Å². The zero-order valence-corrected chi connectivity index (χ0v) is 18.7. The molecule has 0 atom stereocenters. The van der Waals surface area contributed by atoms with Crippen molar-refractivity contribution in [3.8, 4) is 0 Å². The number of nitrogens with one attached hydrogen (secondary N) is 1. The fraction of sp³-hybridized carbons (Fsp3) is 0.273. The van der Waals surface area contributed by atoms with Crippen molar-refractivity contribution in [2.24, 2.45) is 0 Å². The van der Waals surface area contributed by atoms with E-state index in [1.807, 2.05) is 54.8 Å². The molecule has 30 heavy (non-hydrogen) atoms. The maximum Gasteiger partial charge on any atom is 0.419 e. The van der Waals surface area contributed by atoms with Crippen LogP contribution in [0.4, 0.5) is 5.69 Å². The maximum atomic E-state index is 12.8. The average molecular weight is 471 g/mol. The molecule has 0 saturated carbocycles. The molecule has 2 heterocycles. The van der Waals surface area contributed by atoms with Crippen molar-refractivity contribution in [3.63, 3.8) is 0 Å². The van der Waals surface area contributed by atoms with E-state index >= 15 is 0 Å². The molecule has 0 radical (unpaired) electrons. The van der Waals surface area contributed by atoms with Crippen molar-refractivity contribution in [2.75, 3.05) is 26.0 Å². The molecule has 4 rings (SSSR count). The number of aromatic nitrogens is 2. The van der Waals surface area contributed by atoms with E-state index in [0.29, 0.717) is 29.9 Å². The lowest BCUT2D eigenvalue weighted by Gasteiger charge is -2.11. The van der Waals surface area contributed by atoms with Crippen molar-refractivity contribution >= 4 is 49.5 Å². The van der Waals surface area contributed by atoms with Crippen LogP contribution in [0.2, 0.25) is 0 Å². The van der Waals surface area contributed by atoms with E-state index in [-0.39, 0.29) is 12.5 Å². The Morgan fingerprint density at radius 1 is 1.13 bits per heavy atom. The predicted octanol–water partition coefficient (Wildman–Crippen LogP) is 3.82. The highest BCUT2D eigenvalue weighted by atomic mass is 79.9. The van der Waals surface area contributed by atoms with Gasteiger partial charge in [0.1, 0.15) is 6.54 Å². The molecular formula is C22H23BrN4O3. The van der Waals surface area contributed by atoms with E-state index in [1.54, 1.807) is 22.8 Å². The summed E-state index contributed by atoms with van der Waals surface area (Å²) < 4.78 is 9.89. The summed E-state index contributed by atoms with van der Waals surface area (Å²) in [5.41, 5.74) is 3.80. The third-order valence-electron chi connectivity index (χ3n) is 5.18. The van der Waals surface area contributed by atoms with Crippen LogP contribution in [-0.2, 0) is 17.9 Å². The highest BCUT2D eigenvalue weighted by Gasteiger charge is 2.15. The van der Waals surface area contributed by atoms with Crippen LogP contribution in [-0.4, -0.2) is 40.6 Å². The number of halogens is 1. The quantitative estimate of drug-likeness (QED) is 0.464. The molecule has 8 heteroatoms. The van der Waals surface area contributed by atoms with Crippen LogP contribution in [0.3, 0.4) is 0 Å². The number of nitrogens with zero attached hydrogens (tertiary/aromatic N) is 3. The van der Waals surface area contributed by atoms with Crippen molar-refractivity contribution < 1.29 is 9.21 Å². The molecule has 4 aromatic rings. The fourth-order valence-corrected chi connectivity index (χ4v) is 4.14. The number of para-hydroxylation sites is 1. The van der Waals surface area contributed by atoms with Gasteiger partial charge in [-0.2, -0.15) is 0 Å². The van der Waals surface area contributed by atoms with E-state index < -0.39 is 5.76 Å². The first-order chi connectivity index (χ1) is 14.3. The molecule has 1 amide bonds. The summed E-state index contributed by atoms with van der Waals surface area (Å²) in [7, 11) is 3.90. The Bertz CT molecular complexity index is 1300. The lowest BCUT2D eigenvalue weighted by Crippen LogP contribution is -2.23. The molecule has 0 aliphatic heterocycles. The summed E-state index contributed by atoms with van der Waals surface area (Å²) in [4.78, 5) is 27.0. The van der Waals surface area contributed by atoms with Crippen molar-refractivity contribution in [1.82, 2.24) is 14.0 Å². The lowest BCUT2D eigenvalue weighted by molar-refractivity contribution is -0.116. The van der Waals surface area contributed by atoms with Crippen LogP contribution in [0, 0.1) is 6.92 Å². The van der Waals surface area contributed by atoms with Gasteiger partial charge in [0.25, 0.3) is 0 Å². The summed E-state index contributed by atoms with van der Waals surface area (Å²) in [5.74, 6) is -0.536. The van der Waals surface area contributed by atoms with Crippen LogP contribution in [0.1, 0.15) is 5.69 Å². The second-order valence-electron chi connectivity index (χ2n) is 7.56. The van der Waals surface area contributed by atoms with Gasteiger partial charge < -0.3 is 19.2 Å². The average Bonchev–Trinajstić information content (AvgIpc) is 3.15. The smallest absolute Gasteiger partial charge is 0.408 e. The Morgan fingerprint density at radius 3 is 2.67 bits per heavy atom. The Morgan fingerprint density at radius 2 is 1.90 bits per heavy atom. The minimum absolute atomic E-state index is 0.142. The first kappa shape index (κ1) is 20.4. The number of hydrogen-bond donors (Lipinski definition) is 1. The SMILES string of the molecule is Cc1c(Br)c2ccccc2n1CC(=O)Nc1ccc2oc(=O)n(CCN(C)C)c2c1. The van der Waals surface area contributed by atoms with E-state index in [9.17, 15) is 9.59 Å². The molecule has 0 fully saturated rings. The number of carbonyl (C=O) groups excluding carboxylic acids is 1. The molecule has 2 aromatic heterocycles. The van der Waals surface area contributed by atoms with E-state index in [0.717, 1.165) is 21.1 Å². The van der Waals surface area contributed by atoms with Crippen LogP contribution in [0.15, 0.2) is 56.1 Å².